The molecule has 0 aromatic rings. The number of nitrogens with one attached hydrogen (secondary N) is 1. The van der Waals surface area contributed by atoms with Gasteiger partial charge in [0.2, 0.25) is 11.8 Å². The van der Waals surface area contributed by atoms with E-state index in [1.54, 1.807) is 6.92 Å². The lowest BCUT2D eigenvalue weighted by atomic mass is 10.1. The van der Waals surface area contributed by atoms with Gasteiger partial charge in [-0.1, -0.05) is 6.92 Å². The van der Waals surface area contributed by atoms with Crippen molar-refractivity contribution >= 4 is 11.8 Å². The fraction of sp³-hybridized carbons (Fsp3) is 0.800. The third-order valence-electron chi connectivity index (χ3n) is 2.70. The molecule has 17 heavy (non-hydrogen) atoms. The Morgan fingerprint density at radius 3 is 2.53 bits per heavy atom. The Labute approximate surface area is 97.1 Å². The first-order valence-electron chi connectivity index (χ1n) is 5.41. The number of rotatable bonds is 3. The molecule has 98 valence electrons. The van der Waals surface area contributed by atoms with Gasteiger partial charge in [0.1, 0.15) is 6.04 Å². The molecule has 1 aliphatic rings. The number of hydrogen-bond acceptors (Lipinski definition) is 2. The molecule has 1 aliphatic heterocycles. The van der Waals surface area contributed by atoms with E-state index >= 15 is 0 Å². The smallest absolute Gasteiger partial charge is 0.343 e. The summed E-state index contributed by atoms with van der Waals surface area (Å²) in [4.78, 5) is 24.0. The van der Waals surface area contributed by atoms with Crippen molar-refractivity contribution in [2.24, 2.45) is 0 Å². The normalized spacial score (nSPS) is 23.6. The first-order valence-corrected chi connectivity index (χ1v) is 5.41. The number of hydrogen-bond donors (Lipinski definition) is 1. The lowest BCUT2D eigenvalue weighted by Crippen LogP contribution is -2.60. The van der Waals surface area contributed by atoms with Gasteiger partial charge in [0.25, 0.3) is 0 Å². The number of carbonyl (C=O) groups is 2. The molecular formula is C10H15F3N2O2. The lowest BCUT2D eigenvalue weighted by molar-refractivity contribution is -0.160. The fourth-order valence-electron chi connectivity index (χ4n) is 1.83. The van der Waals surface area contributed by atoms with Crippen LogP contribution >= 0.6 is 0 Å². The Morgan fingerprint density at radius 2 is 2.06 bits per heavy atom. The molecule has 7 heteroatoms. The van der Waals surface area contributed by atoms with E-state index in [4.69, 9.17) is 0 Å². The monoisotopic (exact) mass is 252 g/mol. The van der Waals surface area contributed by atoms with E-state index in [9.17, 15) is 22.8 Å². The van der Waals surface area contributed by atoms with Crippen molar-refractivity contribution in [2.45, 2.75) is 44.9 Å². The van der Waals surface area contributed by atoms with Gasteiger partial charge in [-0.3, -0.25) is 9.59 Å². The van der Waals surface area contributed by atoms with Crippen LogP contribution in [0.15, 0.2) is 0 Å². The zero-order chi connectivity index (χ0) is 13.2. The highest BCUT2D eigenvalue weighted by molar-refractivity contribution is 5.94. The molecule has 0 aromatic heterocycles. The summed E-state index contributed by atoms with van der Waals surface area (Å²) in [7, 11) is 0. The van der Waals surface area contributed by atoms with E-state index in [0.29, 0.717) is 6.42 Å². The third-order valence-corrected chi connectivity index (χ3v) is 2.70. The summed E-state index contributed by atoms with van der Waals surface area (Å²) >= 11 is 0. The van der Waals surface area contributed by atoms with E-state index in [2.05, 4.69) is 5.32 Å². The fourth-order valence-corrected chi connectivity index (χ4v) is 1.83. The predicted octanol–water partition coefficient (Wildman–Crippen LogP) is 1.06. The third kappa shape index (κ3) is 3.61. The van der Waals surface area contributed by atoms with E-state index in [1.807, 2.05) is 0 Å². The molecule has 4 nitrogen and oxygen atoms in total. The van der Waals surface area contributed by atoms with Crippen molar-refractivity contribution in [3.63, 3.8) is 0 Å². The van der Waals surface area contributed by atoms with Crippen molar-refractivity contribution in [2.75, 3.05) is 6.54 Å². The SMILES string of the molecule is CCC1NC(=O)CN(C(C)CC(F)(F)F)C1=O. The van der Waals surface area contributed by atoms with Crippen LogP contribution in [0.25, 0.3) is 0 Å². The van der Waals surface area contributed by atoms with Crippen molar-refractivity contribution in [3.05, 3.63) is 0 Å². The lowest BCUT2D eigenvalue weighted by Gasteiger charge is -2.36. The molecule has 2 unspecified atom stereocenters. The highest BCUT2D eigenvalue weighted by Gasteiger charge is 2.39. The van der Waals surface area contributed by atoms with Crippen LogP contribution in [0.3, 0.4) is 0 Å². The number of halogens is 3. The van der Waals surface area contributed by atoms with Crippen LogP contribution in [0.1, 0.15) is 26.7 Å². The van der Waals surface area contributed by atoms with Crippen molar-refractivity contribution in [1.82, 2.24) is 10.2 Å². The Balaban J connectivity index is 2.74. The van der Waals surface area contributed by atoms with Gasteiger partial charge in [0, 0.05) is 6.04 Å². The molecule has 1 saturated heterocycles. The van der Waals surface area contributed by atoms with E-state index in [0.717, 1.165) is 4.90 Å². The maximum atomic E-state index is 12.2. The molecule has 2 amide bonds. The van der Waals surface area contributed by atoms with E-state index < -0.39 is 36.5 Å². The molecular weight excluding hydrogens is 237 g/mol. The first-order chi connectivity index (χ1) is 7.74. The molecule has 1 N–H and O–H groups in total. The zero-order valence-electron chi connectivity index (χ0n) is 9.67. The van der Waals surface area contributed by atoms with Gasteiger partial charge in [0.15, 0.2) is 0 Å². The minimum Gasteiger partial charge on any atom is -0.343 e. The van der Waals surface area contributed by atoms with Gasteiger partial charge < -0.3 is 10.2 Å². The minimum absolute atomic E-state index is 0.299. The van der Waals surface area contributed by atoms with Gasteiger partial charge in [-0.25, -0.2) is 0 Å². The molecule has 2 atom stereocenters. The summed E-state index contributed by atoms with van der Waals surface area (Å²) in [5.74, 6) is -0.852. The molecule has 0 radical (unpaired) electrons. The van der Waals surface area contributed by atoms with Gasteiger partial charge in [-0.2, -0.15) is 13.2 Å². The second-order valence-corrected chi connectivity index (χ2v) is 4.16. The average Bonchev–Trinajstić information content (AvgIpc) is 2.18. The summed E-state index contributed by atoms with van der Waals surface area (Å²) in [5.41, 5.74) is 0. The summed E-state index contributed by atoms with van der Waals surface area (Å²) in [6, 6.07) is -1.71. The molecule has 1 fully saturated rings. The second-order valence-electron chi connectivity index (χ2n) is 4.16. The standard InChI is InChI=1S/C10H15F3N2O2/c1-3-7-9(17)15(5-8(16)14-7)6(2)4-10(11,12)13/h6-7H,3-5H2,1-2H3,(H,14,16). The van der Waals surface area contributed by atoms with Crippen molar-refractivity contribution < 1.29 is 22.8 Å². The second kappa shape index (κ2) is 4.93. The summed E-state index contributed by atoms with van der Waals surface area (Å²) in [6.45, 7) is 2.70. The highest BCUT2D eigenvalue weighted by Crippen LogP contribution is 2.25. The molecule has 0 spiro atoms. The van der Waals surface area contributed by atoms with Crippen LogP contribution in [0.2, 0.25) is 0 Å². The van der Waals surface area contributed by atoms with Crippen LogP contribution in [0.5, 0.6) is 0 Å². The van der Waals surface area contributed by atoms with Crippen LogP contribution in [0.4, 0.5) is 13.2 Å². The van der Waals surface area contributed by atoms with Crippen LogP contribution in [-0.2, 0) is 9.59 Å². The summed E-state index contributed by atoms with van der Waals surface area (Å²) in [5, 5.41) is 2.45. The molecule has 0 bridgehead atoms. The average molecular weight is 252 g/mol. The molecule has 0 saturated carbocycles. The molecule has 0 aliphatic carbocycles. The van der Waals surface area contributed by atoms with E-state index in [-0.39, 0.29) is 6.54 Å². The molecule has 0 aromatic carbocycles. The van der Waals surface area contributed by atoms with Crippen LogP contribution < -0.4 is 5.32 Å². The predicted molar refractivity (Wildman–Crippen MR) is 54.1 cm³/mol. The number of amides is 2. The number of nitrogens with zero attached hydrogens (tertiary/aromatic N) is 1. The number of alkyl halides is 3. The summed E-state index contributed by atoms with van der Waals surface area (Å²) in [6.07, 6.45) is -5.06. The van der Waals surface area contributed by atoms with E-state index in [1.165, 1.54) is 6.92 Å². The molecule has 1 rings (SSSR count). The van der Waals surface area contributed by atoms with Gasteiger partial charge in [0.05, 0.1) is 13.0 Å². The van der Waals surface area contributed by atoms with Gasteiger partial charge >= 0.3 is 6.18 Å². The quantitative estimate of drug-likeness (QED) is 0.816. The van der Waals surface area contributed by atoms with Gasteiger partial charge in [-0.15, -0.1) is 0 Å². The minimum atomic E-state index is -4.34. The highest BCUT2D eigenvalue weighted by atomic mass is 19.4. The topological polar surface area (TPSA) is 49.4 Å². The summed E-state index contributed by atoms with van der Waals surface area (Å²) < 4.78 is 36.7. The van der Waals surface area contributed by atoms with Crippen LogP contribution in [0, 0.1) is 0 Å². The number of piperazine rings is 1. The Morgan fingerprint density at radius 1 is 1.47 bits per heavy atom. The van der Waals surface area contributed by atoms with Crippen molar-refractivity contribution in [1.29, 1.82) is 0 Å². The Hall–Kier alpha value is -1.27. The largest absolute Gasteiger partial charge is 0.391 e. The van der Waals surface area contributed by atoms with Crippen LogP contribution in [-0.4, -0.2) is 41.5 Å². The zero-order valence-corrected chi connectivity index (χ0v) is 9.67. The van der Waals surface area contributed by atoms with Crippen molar-refractivity contribution in [3.8, 4) is 0 Å². The Bertz CT molecular complexity index is 317. The first kappa shape index (κ1) is 13.8. The maximum Gasteiger partial charge on any atom is 0.391 e. The number of carbonyl (C=O) groups excluding carboxylic acids is 2. The Kier molecular flexibility index (Phi) is 4.00. The maximum absolute atomic E-state index is 12.2. The van der Waals surface area contributed by atoms with Gasteiger partial charge in [-0.05, 0) is 13.3 Å². The molecule has 1 heterocycles.